The lowest BCUT2D eigenvalue weighted by molar-refractivity contribution is -0.117. The number of ether oxygens (including phenoxy) is 1. The first-order valence-electron chi connectivity index (χ1n) is 8.04. The highest BCUT2D eigenvalue weighted by molar-refractivity contribution is 7.09. The Morgan fingerprint density at radius 1 is 1.27 bits per heavy atom. The fraction of sp³-hybridized carbons (Fsp3) is 0.211. The predicted molar refractivity (Wildman–Crippen MR) is 104 cm³/mol. The van der Waals surface area contributed by atoms with E-state index in [-0.39, 0.29) is 12.5 Å². The van der Waals surface area contributed by atoms with Gasteiger partial charge < -0.3 is 14.5 Å². The molecule has 7 heteroatoms. The van der Waals surface area contributed by atoms with E-state index in [0.29, 0.717) is 29.5 Å². The average Bonchev–Trinajstić information content (AvgIpc) is 3.29. The second-order valence-electron chi connectivity index (χ2n) is 5.70. The van der Waals surface area contributed by atoms with E-state index in [4.69, 9.17) is 20.8 Å². The first-order chi connectivity index (χ1) is 12.6. The van der Waals surface area contributed by atoms with E-state index in [1.807, 2.05) is 28.5 Å². The molecule has 5 nitrogen and oxygen atoms in total. The Morgan fingerprint density at radius 2 is 2.15 bits per heavy atom. The third-order valence-corrected chi connectivity index (χ3v) is 4.82. The molecule has 0 aliphatic heterocycles. The van der Waals surface area contributed by atoms with Crippen LogP contribution in [0.5, 0.6) is 5.75 Å². The maximum absolute atomic E-state index is 12.6. The molecule has 1 amide bonds. The van der Waals surface area contributed by atoms with Crippen LogP contribution >= 0.6 is 22.9 Å². The van der Waals surface area contributed by atoms with Crippen LogP contribution in [0.1, 0.15) is 10.6 Å². The van der Waals surface area contributed by atoms with Crippen LogP contribution in [-0.4, -0.2) is 24.5 Å². The number of nitrogens with zero attached hydrogens (tertiary/aromatic N) is 1. The van der Waals surface area contributed by atoms with Gasteiger partial charge >= 0.3 is 0 Å². The number of benzene rings is 1. The lowest BCUT2D eigenvalue weighted by atomic mass is 10.3. The molecule has 3 aromatic rings. The van der Waals surface area contributed by atoms with Gasteiger partial charge in [-0.15, -0.1) is 11.3 Å². The van der Waals surface area contributed by atoms with Crippen LogP contribution in [0, 0.1) is 0 Å². The van der Waals surface area contributed by atoms with Crippen molar-refractivity contribution in [2.75, 3.05) is 19.0 Å². The Labute approximate surface area is 161 Å². The molecule has 0 bridgehead atoms. The van der Waals surface area contributed by atoms with Crippen LogP contribution in [0.4, 0.5) is 5.69 Å². The highest BCUT2D eigenvalue weighted by atomic mass is 35.5. The molecule has 0 unspecified atom stereocenters. The third kappa shape index (κ3) is 5.11. The third-order valence-electron chi connectivity index (χ3n) is 3.72. The molecule has 3 rings (SSSR count). The smallest absolute Gasteiger partial charge is 0.238 e. The summed E-state index contributed by atoms with van der Waals surface area (Å²) in [4.78, 5) is 15.8. The van der Waals surface area contributed by atoms with E-state index in [2.05, 4.69) is 11.4 Å². The monoisotopic (exact) mass is 390 g/mol. The van der Waals surface area contributed by atoms with Gasteiger partial charge in [0.2, 0.25) is 5.91 Å². The normalized spacial score (nSPS) is 10.9. The number of carbonyl (C=O) groups excluding carboxylic acids is 1. The fourth-order valence-corrected chi connectivity index (χ4v) is 3.50. The second-order valence-corrected chi connectivity index (χ2v) is 7.17. The first kappa shape index (κ1) is 18.5. The highest BCUT2D eigenvalue weighted by Gasteiger charge is 2.15. The molecular weight excluding hydrogens is 372 g/mol. The SMILES string of the molecule is COc1ccc(Cl)cc1NC(=O)CN(Cc1ccco1)Cc1cccs1. The van der Waals surface area contributed by atoms with Gasteiger partial charge in [-0.25, -0.2) is 0 Å². The summed E-state index contributed by atoms with van der Waals surface area (Å²) in [6, 6.07) is 12.9. The standard InChI is InChI=1S/C19H19ClN2O3S/c1-24-18-7-6-14(20)10-17(18)21-19(23)13-22(11-15-4-2-8-25-15)12-16-5-3-9-26-16/h2-10H,11-13H2,1H3,(H,21,23). The van der Waals surface area contributed by atoms with Gasteiger partial charge in [-0.3, -0.25) is 9.69 Å². The lowest BCUT2D eigenvalue weighted by Crippen LogP contribution is -2.32. The highest BCUT2D eigenvalue weighted by Crippen LogP contribution is 2.27. The van der Waals surface area contributed by atoms with E-state index in [1.165, 1.54) is 4.88 Å². The van der Waals surface area contributed by atoms with Crippen LogP contribution < -0.4 is 10.1 Å². The van der Waals surface area contributed by atoms with Gasteiger partial charge in [-0.2, -0.15) is 0 Å². The van der Waals surface area contributed by atoms with Gasteiger partial charge in [0, 0.05) is 16.4 Å². The number of halogens is 1. The Morgan fingerprint density at radius 3 is 2.85 bits per heavy atom. The summed E-state index contributed by atoms with van der Waals surface area (Å²) in [5, 5.41) is 5.43. The molecule has 2 aromatic heterocycles. The first-order valence-corrected chi connectivity index (χ1v) is 9.30. The Bertz CT molecular complexity index is 798. The van der Waals surface area contributed by atoms with Crippen molar-refractivity contribution in [1.82, 2.24) is 4.90 Å². The Balaban J connectivity index is 1.69. The van der Waals surface area contributed by atoms with Crippen LogP contribution in [0.25, 0.3) is 0 Å². The van der Waals surface area contributed by atoms with Gasteiger partial charge in [0.05, 0.1) is 32.1 Å². The minimum absolute atomic E-state index is 0.145. The number of hydrogen-bond donors (Lipinski definition) is 1. The zero-order valence-corrected chi connectivity index (χ0v) is 15.8. The molecule has 26 heavy (non-hydrogen) atoms. The average molecular weight is 391 g/mol. The molecule has 0 fully saturated rings. The zero-order chi connectivity index (χ0) is 18.4. The van der Waals surface area contributed by atoms with Crippen molar-refractivity contribution in [2.24, 2.45) is 0 Å². The molecule has 0 spiro atoms. The Hall–Kier alpha value is -2.28. The molecule has 0 aliphatic rings. The van der Waals surface area contributed by atoms with Crippen LogP contribution in [0.15, 0.2) is 58.5 Å². The summed E-state index contributed by atoms with van der Waals surface area (Å²) in [6.45, 7) is 1.43. The largest absolute Gasteiger partial charge is 0.495 e. The summed E-state index contributed by atoms with van der Waals surface area (Å²) in [6.07, 6.45) is 1.63. The lowest BCUT2D eigenvalue weighted by Gasteiger charge is -2.20. The number of carbonyl (C=O) groups is 1. The van der Waals surface area contributed by atoms with Crippen molar-refractivity contribution >= 4 is 34.5 Å². The number of anilines is 1. The molecule has 1 N–H and O–H groups in total. The van der Waals surface area contributed by atoms with Gasteiger partial charge in [0.15, 0.2) is 0 Å². The van der Waals surface area contributed by atoms with Crippen molar-refractivity contribution in [3.63, 3.8) is 0 Å². The van der Waals surface area contributed by atoms with Crippen molar-refractivity contribution in [1.29, 1.82) is 0 Å². The number of methoxy groups -OCH3 is 1. The van der Waals surface area contributed by atoms with Crippen molar-refractivity contribution in [2.45, 2.75) is 13.1 Å². The summed E-state index contributed by atoms with van der Waals surface area (Å²) >= 11 is 7.69. The van der Waals surface area contributed by atoms with Crippen molar-refractivity contribution in [3.05, 3.63) is 69.8 Å². The quantitative estimate of drug-likeness (QED) is 0.608. The number of hydrogen-bond acceptors (Lipinski definition) is 5. The molecule has 0 saturated heterocycles. The second kappa shape index (κ2) is 8.89. The van der Waals surface area contributed by atoms with E-state index >= 15 is 0 Å². The van der Waals surface area contributed by atoms with Crippen molar-refractivity contribution in [3.8, 4) is 5.75 Å². The Kier molecular flexibility index (Phi) is 6.33. The van der Waals surface area contributed by atoms with E-state index in [1.54, 1.807) is 42.9 Å². The molecule has 1 aromatic carbocycles. The van der Waals surface area contributed by atoms with Crippen LogP contribution in [0.3, 0.4) is 0 Å². The van der Waals surface area contributed by atoms with Crippen LogP contribution in [0.2, 0.25) is 5.02 Å². The molecule has 0 atom stereocenters. The zero-order valence-electron chi connectivity index (χ0n) is 14.3. The minimum atomic E-state index is -0.145. The molecule has 136 valence electrons. The summed E-state index contributed by atoms with van der Waals surface area (Å²) < 4.78 is 10.7. The predicted octanol–water partition coefficient (Wildman–Crippen LogP) is 4.64. The summed E-state index contributed by atoms with van der Waals surface area (Å²) in [7, 11) is 1.55. The summed E-state index contributed by atoms with van der Waals surface area (Å²) in [5.41, 5.74) is 0.555. The molecular formula is C19H19ClN2O3S. The summed E-state index contributed by atoms with van der Waals surface area (Å²) in [5.74, 6) is 1.24. The topological polar surface area (TPSA) is 54.7 Å². The van der Waals surface area contributed by atoms with Gasteiger partial charge in [0.1, 0.15) is 11.5 Å². The van der Waals surface area contributed by atoms with Crippen LogP contribution in [-0.2, 0) is 17.9 Å². The van der Waals surface area contributed by atoms with Gasteiger partial charge in [-0.1, -0.05) is 17.7 Å². The maximum atomic E-state index is 12.6. The van der Waals surface area contributed by atoms with E-state index in [9.17, 15) is 4.79 Å². The number of furan rings is 1. The molecule has 2 heterocycles. The van der Waals surface area contributed by atoms with Gasteiger partial charge in [0.25, 0.3) is 0 Å². The van der Waals surface area contributed by atoms with E-state index in [0.717, 1.165) is 5.76 Å². The fourth-order valence-electron chi connectivity index (χ4n) is 2.58. The molecule has 0 saturated carbocycles. The minimum Gasteiger partial charge on any atom is -0.495 e. The number of nitrogens with one attached hydrogen (secondary N) is 1. The van der Waals surface area contributed by atoms with Crippen molar-refractivity contribution < 1.29 is 13.9 Å². The van der Waals surface area contributed by atoms with E-state index < -0.39 is 0 Å². The molecule has 0 radical (unpaired) electrons. The number of thiophene rings is 1. The maximum Gasteiger partial charge on any atom is 0.238 e. The number of amides is 1. The van der Waals surface area contributed by atoms with Gasteiger partial charge in [-0.05, 0) is 41.8 Å². The molecule has 0 aliphatic carbocycles. The number of rotatable bonds is 8.